The Bertz CT molecular complexity index is 676. The topological polar surface area (TPSA) is 0 Å². The van der Waals surface area contributed by atoms with Gasteiger partial charge in [-0.25, -0.2) is 0 Å². The Balaban J connectivity index is 2.25. The lowest BCUT2D eigenvalue weighted by Gasteiger charge is -2.11. The van der Waals surface area contributed by atoms with Gasteiger partial charge in [0.25, 0.3) is 0 Å². The maximum atomic E-state index is 2.30. The van der Waals surface area contributed by atoms with E-state index in [1.165, 1.54) is 49.9 Å². The first-order valence-corrected chi connectivity index (χ1v) is 9.41. The lowest BCUT2D eigenvalue weighted by Crippen LogP contribution is -1.91. The molecular formula is C19H24S2. The van der Waals surface area contributed by atoms with Gasteiger partial charge in [0.05, 0.1) is 0 Å². The zero-order valence-electron chi connectivity index (χ0n) is 13.9. The molecule has 2 aromatic heterocycles. The molecule has 2 aromatic rings. The fourth-order valence-electron chi connectivity index (χ4n) is 3.77. The van der Waals surface area contributed by atoms with Crippen LogP contribution in [0.15, 0.2) is 0 Å². The van der Waals surface area contributed by atoms with Crippen molar-refractivity contribution in [2.45, 2.75) is 60.8 Å². The monoisotopic (exact) mass is 316 g/mol. The summed E-state index contributed by atoms with van der Waals surface area (Å²) < 4.78 is 0. The lowest BCUT2D eigenvalue weighted by atomic mass is 9.93. The van der Waals surface area contributed by atoms with Gasteiger partial charge < -0.3 is 0 Å². The molecule has 0 saturated carbocycles. The standard InChI is InChI=1S/C19H24S2/c1-10-12(3)20-14(5)18(10)16-8-7-9-17(16)19-11(2)13(4)21-15(19)6/h7-9H2,1-6H3. The van der Waals surface area contributed by atoms with Crippen molar-refractivity contribution in [1.29, 1.82) is 0 Å². The number of hydrogen-bond acceptors (Lipinski definition) is 2. The fourth-order valence-corrected chi connectivity index (χ4v) is 5.95. The maximum absolute atomic E-state index is 2.30. The zero-order valence-corrected chi connectivity index (χ0v) is 15.6. The molecular weight excluding hydrogens is 292 g/mol. The van der Waals surface area contributed by atoms with Crippen molar-refractivity contribution in [2.24, 2.45) is 0 Å². The van der Waals surface area contributed by atoms with Crippen LogP contribution in [0.5, 0.6) is 0 Å². The number of thiophene rings is 2. The highest BCUT2D eigenvalue weighted by Crippen LogP contribution is 2.47. The van der Waals surface area contributed by atoms with Crippen LogP contribution in [0.1, 0.15) is 61.0 Å². The molecule has 0 bridgehead atoms. The summed E-state index contributed by atoms with van der Waals surface area (Å²) >= 11 is 3.92. The second-order valence-corrected chi connectivity index (χ2v) is 9.10. The minimum absolute atomic E-state index is 1.25. The molecule has 0 fully saturated rings. The zero-order chi connectivity index (χ0) is 15.3. The van der Waals surface area contributed by atoms with Gasteiger partial charge in [0, 0.05) is 19.5 Å². The Morgan fingerprint density at radius 2 is 0.952 bits per heavy atom. The molecule has 0 saturated heterocycles. The molecule has 112 valence electrons. The Labute approximate surface area is 136 Å². The fraction of sp³-hybridized carbons (Fsp3) is 0.474. The van der Waals surface area contributed by atoms with Crippen LogP contribution in [0.4, 0.5) is 0 Å². The van der Waals surface area contributed by atoms with E-state index in [0.717, 1.165) is 0 Å². The Hall–Kier alpha value is -0.860. The van der Waals surface area contributed by atoms with E-state index in [4.69, 9.17) is 0 Å². The highest BCUT2D eigenvalue weighted by Gasteiger charge is 2.25. The smallest absolute Gasteiger partial charge is 0.00950 e. The average Bonchev–Trinajstić information content (AvgIpc) is 3.02. The third-order valence-electron chi connectivity index (χ3n) is 4.94. The van der Waals surface area contributed by atoms with Crippen molar-refractivity contribution in [3.63, 3.8) is 0 Å². The van der Waals surface area contributed by atoms with E-state index in [2.05, 4.69) is 41.5 Å². The van der Waals surface area contributed by atoms with Gasteiger partial charge in [-0.05, 0) is 94.2 Å². The summed E-state index contributed by atoms with van der Waals surface area (Å²) in [5.74, 6) is 0. The van der Waals surface area contributed by atoms with E-state index in [0.29, 0.717) is 0 Å². The molecule has 0 unspecified atom stereocenters. The van der Waals surface area contributed by atoms with Crippen molar-refractivity contribution < 1.29 is 0 Å². The largest absolute Gasteiger partial charge is 0.145 e. The third kappa shape index (κ3) is 2.33. The molecule has 21 heavy (non-hydrogen) atoms. The highest BCUT2D eigenvalue weighted by atomic mass is 32.1. The van der Waals surface area contributed by atoms with Crippen LogP contribution in [0.3, 0.4) is 0 Å². The predicted molar refractivity (Wildman–Crippen MR) is 97.7 cm³/mol. The Morgan fingerprint density at radius 3 is 1.24 bits per heavy atom. The average molecular weight is 317 g/mol. The number of hydrogen-bond donors (Lipinski definition) is 0. The molecule has 3 rings (SSSR count). The van der Waals surface area contributed by atoms with Gasteiger partial charge in [-0.1, -0.05) is 0 Å². The van der Waals surface area contributed by atoms with E-state index in [1.807, 2.05) is 22.7 Å². The molecule has 1 aliphatic carbocycles. The minimum atomic E-state index is 1.25. The van der Waals surface area contributed by atoms with Crippen LogP contribution in [-0.2, 0) is 0 Å². The van der Waals surface area contributed by atoms with Crippen molar-refractivity contribution in [1.82, 2.24) is 0 Å². The summed E-state index contributed by atoms with van der Waals surface area (Å²) in [5.41, 5.74) is 9.42. The van der Waals surface area contributed by atoms with Crippen LogP contribution >= 0.6 is 22.7 Å². The van der Waals surface area contributed by atoms with Crippen molar-refractivity contribution in [2.75, 3.05) is 0 Å². The summed E-state index contributed by atoms with van der Waals surface area (Å²) in [6.07, 6.45) is 3.81. The normalized spacial score (nSPS) is 15.3. The molecule has 1 aliphatic rings. The van der Waals surface area contributed by atoms with Gasteiger partial charge in [0.2, 0.25) is 0 Å². The van der Waals surface area contributed by atoms with Crippen LogP contribution < -0.4 is 0 Å². The highest BCUT2D eigenvalue weighted by molar-refractivity contribution is 7.12. The van der Waals surface area contributed by atoms with Crippen LogP contribution in [0, 0.1) is 41.5 Å². The first-order valence-electron chi connectivity index (χ1n) is 7.77. The Morgan fingerprint density at radius 1 is 0.571 bits per heavy atom. The molecule has 0 atom stereocenters. The summed E-state index contributed by atoms with van der Waals surface area (Å²) in [6, 6.07) is 0. The van der Waals surface area contributed by atoms with Crippen molar-refractivity contribution in [3.8, 4) is 0 Å². The maximum Gasteiger partial charge on any atom is 0.00950 e. The molecule has 0 nitrogen and oxygen atoms in total. The van der Waals surface area contributed by atoms with Gasteiger partial charge in [-0.2, -0.15) is 0 Å². The molecule has 2 heteroatoms. The lowest BCUT2D eigenvalue weighted by molar-refractivity contribution is 0.940. The number of aryl methyl sites for hydroxylation is 4. The van der Waals surface area contributed by atoms with Gasteiger partial charge in [-0.3, -0.25) is 0 Å². The van der Waals surface area contributed by atoms with Crippen LogP contribution in [-0.4, -0.2) is 0 Å². The molecule has 0 amide bonds. The van der Waals surface area contributed by atoms with Gasteiger partial charge >= 0.3 is 0 Å². The quantitative estimate of drug-likeness (QED) is 0.574. The summed E-state index contributed by atoms with van der Waals surface area (Å²) in [6.45, 7) is 13.7. The van der Waals surface area contributed by atoms with Crippen molar-refractivity contribution in [3.05, 3.63) is 41.8 Å². The number of rotatable bonds is 2. The van der Waals surface area contributed by atoms with E-state index < -0.39 is 0 Å². The van der Waals surface area contributed by atoms with Crippen LogP contribution in [0.2, 0.25) is 0 Å². The third-order valence-corrected chi connectivity index (χ3v) is 7.19. The second kappa shape index (κ2) is 5.40. The second-order valence-electron chi connectivity index (χ2n) is 6.24. The van der Waals surface area contributed by atoms with E-state index >= 15 is 0 Å². The SMILES string of the molecule is Cc1sc(C)c(C2=C(c3c(C)sc(C)c3C)CCC2)c1C. The molecule has 2 heterocycles. The van der Waals surface area contributed by atoms with Gasteiger partial charge in [0.15, 0.2) is 0 Å². The van der Waals surface area contributed by atoms with E-state index in [9.17, 15) is 0 Å². The molecule has 0 aromatic carbocycles. The van der Waals surface area contributed by atoms with E-state index in [1.54, 1.807) is 22.3 Å². The minimum Gasteiger partial charge on any atom is -0.145 e. The van der Waals surface area contributed by atoms with Crippen molar-refractivity contribution >= 4 is 33.8 Å². The predicted octanol–water partition coefficient (Wildman–Crippen LogP) is 6.75. The van der Waals surface area contributed by atoms with Gasteiger partial charge in [0.1, 0.15) is 0 Å². The summed E-state index contributed by atoms with van der Waals surface area (Å²) in [4.78, 5) is 5.97. The van der Waals surface area contributed by atoms with Gasteiger partial charge in [-0.15, -0.1) is 22.7 Å². The number of allylic oxidation sites excluding steroid dienone is 2. The summed E-state index contributed by atoms with van der Waals surface area (Å²) in [7, 11) is 0. The molecule has 0 radical (unpaired) electrons. The molecule has 0 aliphatic heterocycles. The molecule has 0 spiro atoms. The first-order chi connectivity index (χ1) is 9.91. The Kier molecular flexibility index (Phi) is 3.87. The van der Waals surface area contributed by atoms with Crippen LogP contribution in [0.25, 0.3) is 11.1 Å². The molecule has 0 N–H and O–H groups in total. The first kappa shape index (κ1) is 15.1. The van der Waals surface area contributed by atoms with E-state index in [-0.39, 0.29) is 0 Å². The summed E-state index contributed by atoms with van der Waals surface area (Å²) in [5, 5.41) is 0.